The number of fused-ring (bicyclic) bond motifs is 1. The smallest absolute Gasteiger partial charge is 0.352 e. The Morgan fingerprint density at radius 3 is 2.63 bits per heavy atom. The summed E-state index contributed by atoms with van der Waals surface area (Å²) in [6.07, 6.45) is 1.41. The van der Waals surface area contributed by atoms with Gasteiger partial charge in [0.05, 0.1) is 30.8 Å². The van der Waals surface area contributed by atoms with Gasteiger partial charge in [-0.25, -0.2) is 24.4 Å². The number of carboxylic acid groups (broad SMARTS) is 1. The van der Waals surface area contributed by atoms with E-state index in [1.54, 1.807) is 15.4 Å². The highest BCUT2D eigenvalue weighted by molar-refractivity contribution is 8.01. The number of nitrogens with zero attached hydrogens (tertiary/aromatic N) is 7. The largest absolute Gasteiger partial charge is 0.477 e. The molecular weight excluding hydrogens is 637 g/mol. The zero-order chi connectivity index (χ0) is 30.7. The van der Waals surface area contributed by atoms with Crippen molar-refractivity contribution in [2.24, 2.45) is 0 Å². The van der Waals surface area contributed by atoms with Crippen LogP contribution in [0.5, 0.6) is 0 Å². The Labute approximate surface area is 262 Å². The van der Waals surface area contributed by atoms with Crippen LogP contribution in [-0.2, 0) is 38.6 Å². The molecule has 3 amide bonds. The van der Waals surface area contributed by atoms with Crippen molar-refractivity contribution in [3.63, 3.8) is 0 Å². The van der Waals surface area contributed by atoms with Gasteiger partial charge in [-0.05, 0) is 19.7 Å². The molecule has 0 unspecified atom stereocenters. The standard InChI is InChI=1S/C24H28N10O5S4/c1-32(2)3-4-33-24(26-11-27-33)43-8-12-7-40-20-17(19(37)34(20)18(12)21(38)39)30-15(35)6-14-10-42-23(29-14)31-16(36)5-13-9-41-22(25)28-13/h9-11,17,20H,3-8H2,1-2H3,(H2,25,28)(H,30,35)(H,38,39)(H,29,31,36)/t17-,20-/m0/s1. The maximum atomic E-state index is 13.0. The zero-order valence-electron chi connectivity index (χ0n) is 23.1. The first kappa shape index (κ1) is 30.9. The molecule has 2 aliphatic heterocycles. The summed E-state index contributed by atoms with van der Waals surface area (Å²) in [7, 11) is 3.92. The first-order valence-electron chi connectivity index (χ1n) is 12.9. The normalized spacial score (nSPS) is 18.0. The number of carboxylic acids is 1. The number of anilines is 2. The van der Waals surface area contributed by atoms with Crippen molar-refractivity contribution in [3.8, 4) is 0 Å². The number of likely N-dealkylation sites (N-methyl/N-ethyl adjacent to an activating group) is 1. The Morgan fingerprint density at radius 2 is 1.91 bits per heavy atom. The van der Waals surface area contributed by atoms with Crippen LogP contribution in [0.4, 0.5) is 10.3 Å². The number of nitrogen functional groups attached to an aromatic ring is 1. The Hall–Kier alpha value is -3.52. The summed E-state index contributed by atoms with van der Waals surface area (Å²) in [6.45, 7) is 1.42. The molecule has 5 rings (SSSR count). The van der Waals surface area contributed by atoms with Crippen LogP contribution in [0.1, 0.15) is 11.4 Å². The summed E-state index contributed by atoms with van der Waals surface area (Å²) in [4.78, 5) is 66.2. The van der Waals surface area contributed by atoms with E-state index in [2.05, 4.69) is 30.7 Å². The van der Waals surface area contributed by atoms with Gasteiger partial charge in [-0.15, -0.1) is 34.4 Å². The molecule has 0 saturated carbocycles. The summed E-state index contributed by atoms with van der Waals surface area (Å²) >= 11 is 5.20. The number of aromatic nitrogens is 5. The fourth-order valence-corrected chi connectivity index (χ4v) is 8.04. The van der Waals surface area contributed by atoms with Gasteiger partial charge >= 0.3 is 5.97 Å². The van der Waals surface area contributed by atoms with Crippen LogP contribution in [0.3, 0.4) is 0 Å². The van der Waals surface area contributed by atoms with Gasteiger partial charge < -0.3 is 26.4 Å². The number of hydrogen-bond donors (Lipinski definition) is 4. The number of thioether (sulfide) groups is 2. The average Bonchev–Trinajstić information content (AvgIpc) is 3.70. The Morgan fingerprint density at radius 1 is 1.16 bits per heavy atom. The van der Waals surface area contributed by atoms with Crippen molar-refractivity contribution in [2.75, 3.05) is 43.2 Å². The van der Waals surface area contributed by atoms with Gasteiger partial charge in [0.15, 0.2) is 15.4 Å². The average molecular weight is 665 g/mol. The lowest BCUT2D eigenvalue weighted by atomic mass is 10.0. The van der Waals surface area contributed by atoms with Gasteiger partial charge in [0.25, 0.3) is 5.91 Å². The van der Waals surface area contributed by atoms with Crippen molar-refractivity contribution in [1.29, 1.82) is 0 Å². The second-order valence-electron chi connectivity index (χ2n) is 9.79. The molecule has 5 heterocycles. The van der Waals surface area contributed by atoms with Crippen LogP contribution in [-0.4, -0.2) is 107 Å². The summed E-state index contributed by atoms with van der Waals surface area (Å²) in [6, 6.07) is -0.849. The fourth-order valence-electron chi connectivity index (χ4n) is 4.33. The van der Waals surface area contributed by atoms with Gasteiger partial charge in [-0.1, -0.05) is 11.8 Å². The Bertz CT molecular complexity index is 1570. The quantitative estimate of drug-likeness (QED) is 0.146. The highest BCUT2D eigenvalue weighted by atomic mass is 32.2. The molecule has 3 aromatic rings. The number of nitrogens with one attached hydrogen (secondary N) is 2. The Kier molecular flexibility index (Phi) is 9.65. The topological polar surface area (TPSA) is 202 Å². The first-order valence-corrected chi connectivity index (χ1v) is 16.7. The van der Waals surface area contributed by atoms with E-state index in [0.717, 1.165) is 6.54 Å². The van der Waals surface area contributed by atoms with Gasteiger partial charge in [-0.3, -0.25) is 19.3 Å². The molecule has 0 spiro atoms. The molecule has 1 saturated heterocycles. The third-order valence-electron chi connectivity index (χ3n) is 6.33. The molecule has 0 aromatic carbocycles. The number of carbonyl (C=O) groups is 4. The van der Waals surface area contributed by atoms with Crippen molar-refractivity contribution in [3.05, 3.63) is 39.7 Å². The summed E-state index contributed by atoms with van der Waals surface area (Å²) in [5, 5.41) is 23.8. The van der Waals surface area contributed by atoms with Crippen molar-refractivity contribution in [2.45, 2.75) is 36.0 Å². The summed E-state index contributed by atoms with van der Waals surface area (Å²) < 4.78 is 1.77. The number of nitrogens with two attached hydrogens (primary N) is 1. The number of aliphatic carboxylic acids is 1. The van der Waals surface area contributed by atoms with E-state index < -0.39 is 29.2 Å². The third kappa shape index (κ3) is 7.35. The molecule has 228 valence electrons. The van der Waals surface area contributed by atoms with E-state index in [4.69, 9.17) is 5.73 Å². The molecule has 15 nitrogen and oxygen atoms in total. The highest BCUT2D eigenvalue weighted by Gasteiger charge is 2.54. The van der Waals surface area contributed by atoms with Crippen molar-refractivity contribution < 1.29 is 24.3 Å². The van der Waals surface area contributed by atoms with Crippen molar-refractivity contribution in [1.82, 2.24) is 39.8 Å². The number of amides is 3. The van der Waals surface area contributed by atoms with Gasteiger partial charge in [0.1, 0.15) is 23.4 Å². The van der Waals surface area contributed by atoms with E-state index in [1.807, 2.05) is 19.0 Å². The van der Waals surface area contributed by atoms with Crippen LogP contribution >= 0.6 is 46.2 Å². The van der Waals surface area contributed by atoms with Gasteiger partial charge in [-0.2, -0.15) is 5.10 Å². The molecule has 3 aromatic heterocycles. The van der Waals surface area contributed by atoms with Crippen LogP contribution in [0.2, 0.25) is 0 Å². The minimum absolute atomic E-state index is 0.0496. The second kappa shape index (κ2) is 13.4. The maximum Gasteiger partial charge on any atom is 0.352 e. The monoisotopic (exact) mass is 664 g/mol. The molecular formula is C24H28N10O5S4. The lowest BCUT2D eigenvalue weighted by molar-refractivity contribution is -0.150. The fraction of sp³-hybridized carbons (Fsp3) is 0.417. The number of rotatable bonds is 13. The van der Waals surface area contributed by atoms with E-state index >= 15 is 0 Å². The summed E-state index contributed by atoms with van der Waals surface area (Å²) in [5.41, 5.74) is 7.14. The molecule has 0 bridgehead atoms. The molecule has 43 heavy (non-hydrogen) atoms. The molecule has 19 heteroatoms. The number of thiazole rings is 2. The van der Waals surface area contributed by atoms with Crippen LogP contribution in [0, 0.1) is 0 Å². The third-order valence-corrected chi connectivity index (χ3v) is 10.3. The lowest BCUT2D eigenvalue weighted by Gasteiger charge is -2.49. The molecule has 2 aliphatic rings. The highest BCUT2D eigenvalue weighted by Crippen LogP contribution is 2.41. The zero-order valence-corrected chi connectivity index (χ0v) is 26.3. The lowest BCUT2D eigenvalue weighted by Crippen LogP contribution is -2.70. The van der Waals surface area contributed by atoms with E-state index in [0.29, 0.717) is 50.4 Å². The first-order chi connectivity index (χ1) is 20.6. The maximum absolute atomic E-state index is 13.0. The van der Waals surface area contributed by atoms with E-state index in [-0.39, 0.29) is 24.4 Å². The minimum Gasteiger partial charge on any atom is -0.477 e. The molecule has 2 atom stereocenters. The molecule has 5 N–H and O–H groups in total. The van der Waals surface area contributed by atoms with Gasteiger partial charge in [0.2, 0.25) is 11.8 Å². The summed E-state index contributed by atoms with van der Waals surface area (Å²) in [5.74, 6) is -1.68. The van der Waals surface area contributed by atoms with E-state index in [1.165, 1.54) is 57.4 Å². The number of hydrogen-bond acceptors (Lipinski definition) is 14. The van der Waals surface area contributed by atoms with Gasteiger partial charge in [0, 0.05) is 28.8 Å². The van der Waals surface area contributed by atoms with Crippen LogP contribution in [0.15, 0.2) is 33.5 Å². The Balaban J connectivity index is 1.15. The molecule has 0 radical (unpaired) electrons. The SMILES string of the molecule is CN(C)CCn1ncnc1SCC1=C(C(=O)O)N2C(=O)[C@H](NC(=O)Cc3csc(NC(=O)Cc4csc(N)n4)n3)[C@@H]2SC1. The predicted octanol–water partition coefficient (Wildman–Crippen LogP) is 0.590. The second-order valence-corrected chi connectivity index (χ2v) is 13.6. The van der Waals surface area contributed by atoms with Crippen LogP contribution < -0.4 is 16.4 Å². The van der Waals surface area contributed by atoms with E-state index in [9.17, 15) is 24.3 Å². The minimum atomic E-state index is -1.19. The number of β-lactam (4-membered cyclic amide) rings is 1. The number of carbonyl (C=O) groups excluding carboxylic acids is 3. The van der Waals surface area contributed by atoms with Crippen LogP contribution in [0.25, 0.3) is 0 Å². The molecule has 1 fully saturated rings. The molecule has 0 aliphatic carbocycles. The van der Waals surface area contributed by atoms with Crippen molar-refractivity contribution >= 4 is 80.2 Å². The predicted molar refractivity (Wildman–Crippen MR) is 164 cm³/mol.